The van der Waals surface area contributed by atoms with Crippen LogP contribution >= 0.6 is 11.6 Å². The van der Waals surface area contributed by atoms with Gasteiger partial charge in [0.1, 0.15) is 5.82 Å². The normalized spacial score (nSPS) is 10.6. The molecule has 2 N–H and O–H groups in total. The first-order valence-corrected chi connectivity index (χ1v) is 4.95. The molecule has 5 heteroatoms. The number of pyridine rings is 1. The van der Waals surface area contributed by atoms with Gasteiger partial charge in [-0.3, -0.25) is 4.57 Å². The van der Waals surface area contributed by atoms with E-state index in [4.69, 9.17) is 17.3 Å². The highest BCUT2D eigenvalue weighted by Gasteiger charge is 2.07. The first-order chi connectivity index (χ1) is 7.22. The molecule has 0 fully saturated rings. The Hall–Kier alpha value is -1.39. The molecule has 2 aromatic rings. The number of aryl methyl sites for hydroxylation is 1. The Morgan fingerprint density at radius 1 is 1.47 bits per heavy atom. The van der Waals surface area contributed by atoms with Gasteiger partial charge in [0.05, 0.1) is 5.02 Å². The summed E-state index contributed by atoms with van der Waals surface area (Å²) in [6.45, 7) is 2.34. The molecule has 0 unspecified atom stereocenters. The van der Waals surface area contributed by atoms with Crippen LogP contribution in [-0.2, 0) is 6.54 Å². The summed E-state index contributed by atoms with van der Waals surface area (Å²) >= 11 is 6.10. The van der Waals surface area contributed by atoms with E-state index >= 15 is 0 Å². The smallest absolute Gasteiger partial charge is 0.156 e. The summed E-state index contributed by atoms with van der Waals surface area (Å²) in [4.78, 5) is 8.38. The van der Waals surface area contributed by atoms with Crippen molar-refractivity contribution in [1.82, 2.24) is 14.5 Å². The molecule has 0 amide bonds. The molecule has 0 aliphatic carbocycles. The summed E-state index contributed by atoms with van der Waals surface area (Å²) in [5, 5.41) is 0.582. The lowest BCUT2D eigenvalue weighted by Gasteiger charge is -2.07. The Bertz CT molecular complexity index is 478. The van der Waals surface area contributed by atoms with Crippen molar-refractivity contribution in [3.05, 3.63) is 41.1 Å². The van der Waals surface area contributed by atoms with Gasteiger partial charge in [0.2, 0.25) is 0 Å². The van der Waals surface area contributed by atoms with E-state index in [1.54, 1.807) is 12.4 Å². The molecule has 0 bridgehead atoms. The molecule has 0 atom stereocenters. The number of rotatable bonds is 2. The second kappa shape index (κ2) is 4.00. The molecule has 78 valence electrons. The van der Waals surface area contributed by atoms with Crippen molar-refractivity contribution < 1.29 is 0 Å². The lowest BCUT2D eigenvalue weighted by Crippen LogP contribution is -2.03. The van der Waals surface area contributed by atoms with Crippen LogP contribution in [0.2, 0.25) is 5.02 Å². The maximum Gasteiger partial charge on any atom is 0.156 e. The minimum absolute atomic E-state index is 0.440. The Kier molecular flexibility index (Phi) is 2.70. The Morgan fingerprint density at radius 3 is 2.80 bits per heavy atom. The van der Waals surface area contributed by atoms with E-state index in [1.807, 2.05) is 23.8 Å². The van der Waals surface area contributed by atoms with Crippen molar-refractivity contribution in [3.63, 3.8) is 0 Å². The summed E-state index contributed by atoms with van der Waals surface area (Å²) in [6.07, 6.45) is 5.26. The van der Waals surface area contributed by atoms with E-state index in [2.05, 4.69) is 9.97 Å². The van der Waals surface area contributed by atoms with Gasteiger partial charge in [0.15, 0.2) is 5.82 Å². The number of imidazole rings is 1. The monoisotopic (exact) mass is 222 g/mol. The zero-order valence-electron chi connectivity index (χ0n) is 8.31. The van der Waals surface area contributed by atoms with E-state index < -0.39 is 0 Å². The van der Waals surface area contributed by atoms with Crippen LogP contribution in [0.1, 0.15) is 11.4 Å². The van der Waals surface area contributed by atoms with E-state index in [1.165, 1.54) is 0 Å². The van der Waals surface area contributed by atoms with Crippen LogP contribution in [0.25, 0.3) is 5.82 Å². The largest absolute Gasteiger partial charge is 0.326 e. The minimum atomic E-state index is 0.440. The van der Waals surface area contributed by atoms with Gasteiger partial charge in [-0.1, -0.05) is 11.6 Å². The number of nitrogens with zero attached hydrogens (tertiary/aromatic N) is 3. The molecule has 2 rings (SSSR count). The molecular formula is C10H11ClN4. The van der Waals surface area contributed by atoms with Crippen LogP contribution in [0.3, 0.4) is 0 Å². The first kappa shape index (κ1) is 10.1. The zero-order valence-corrected chi connectivity index (χ0v) is 9.07. The fourth-order valence-electron chi connectivity index (χ4n) is 1.36. The van der Waals surface area contributed by atoms with Gasteiger partial charge >= 0.3 is 0 Å². The van der Waals surface area contributed by atoms with Crippen molar-refractivity contribution in [2.24, 2.45) is 5.73 Å². The first-order valence-electron chi connectivity index (χ1n) is 4.57. The fourth-order valence-corrected chi connectivity index (χ4v) is 1.64. The summed E-state index contributed by atoms with van der Waals surface area (Å²) in [6, 6.07) is 1.82. The van der Waals surface area contributed by atoms with Crippen LogP contribution in [0, 0.1) is 6.92 Å². The third-order valence-corrected chi connectivity index (χ3v) is 2.45. The third kappa shape index (κ3) is 1.86. The predicted molar refractivity (Wildman–Crippen MR) is 59.0 cm³/mol. The third-order valence-electron chi connectivity index (χ3n) is 2.17. The molecule has 0 aliphatic rings. The Morgan fingerprint density at radius 2 is 2.27 bits per heavy atom. The Labute approximate surface area is 92.7 Å². The van der Waals surface area contributed by atoms with Gasteiger partial charge in [-0.15, -0.1) is 0 Å². The van der Waals surface area contributed by atoms with Crippen molar-refractivity contribution in [2.75, 3.05) is 0 Å². The zero-order chi connectivity index (χ0) is 10.8. The standard InChI is InChI=1S/C10H11ClN4/c1-7-13-2-3-15(7)10-9(11)4-8(5-12)6-14-10/h2-4,6H,5,12H2,1H3. The quantitative estimate of drug-likeness (QED) is 0.841. The molecule has 2 heterocycles. The van der Waals surface area contributed by atoms with Gasteiger partial charge in [-0.05, 0) is 18.6 Å². The lowest BCUT2D eigenvalue weighted by molar-refractivity contribution is 0.922. The van der Waals surface area contributed by atoms with Gasteiger partial charge < -0.3 is 5.73 Å². The second-order valence-corrected chi connectivity index (χ2v) is 3.60. The molecule has 0 radical (unpaired) electrons. The van der Waals surface area contributed by atoms with E-state index in [-0.39, 0.29) is 0 Å². The summed E-state index contributed by atoms with van der Waals surface area (Å²) < 4.78 is 1.84. The van der Waals surface area contributed by atoms with E-state index in [0.29, 0.717) is 17.4 Å². The molecule has 0 aliphatic heterocycles. The van der Waals surface area contributed by atoms with Crippen LogP contribution in [0.4, 0.5) is 0 Å². The lowest BCUT2D eigenvalue weighted by atomic mass is 10.3. The Balaban J connectivity index is 2.50. The second-order valence-electron chi connectivity index (χ2n) is 3.20. The number of aromatic nitrogens is 3. The van der Waals surface area contributed by atoms with Gasteiger partial charge in [-0.2, -0.15) is 0 Å². The maximum absolute atomic E-state index is 6.10. The van der Waals surface area contributed by atoms with Crippen molar-refractivity contribution >= 4 is 11.6 Å². The molecule has 4 nitrogen and oxygen atoms in total. The molecule has 0 saturated carbocycles. The van der Waals surface area contributed by atoms with Crippen LogP contribution in [0.5, 0.6) is 0 Å². The van der Waals surface area contributed by atoms with Gasteiger partial charge in [0, 0.05) is 25.1 Å². The highest BCUT2D eigenvalue weighted by Crippen LogP contribution is 2.19. The topological polar surface area (TPSA) is 56.7 Å². The molecule has 15 heavy (non-hydrogen) atoms. The average molecular weight is 223 g/mol. The van der Waals surface area contributed by atoms with Gasteiger partial charge in [-0.25, -0.2) is 9.97 Å². The van der Waals surface area contributed by atoms with Crippen molar-refractivity contribution in [3.8, 4) is 5.82 Å². The average Bonchev–Trinajstić information content (AvgIpc) is 2.64. The summed E-state index contributed by atoms with van der Waals surface area (Å²) in [7, 11) is 0. The SMILES string of the molecule is Cc1nccn1-c1ncc(CN)cc1Cl. The number of hydrogen-bond donors (Lipinski definition) is 1. The molecule has 0 saturated heterocycles. The van der Waals surface area contributed by atoms with Crippen LogP contribution in [-0.4, -0.2) is 14.5 Å². The van der Waals surface area contributed by atoms with Crippen molar-refractivity contribution in [2.45, 2.75) is 13.5 Å². The number of halogens is 1. The van der Waals surface area contributed by atoms with Gasteiger partial charge in [0.25, 0.3) is 0 Å². The van der Waals surface area contributed by atoms with Crippen molar-refractivity contribution in [1.29, 1.82) is 0 Å². The van der Waals surface area contributed by atoms with Crippen LogP contribution < -0.4 is 5.73 Å². The highest BCUT2D eigenvalue weighted by atomic mass is 35.5. The summed E-state index contributed by atoms with van der Waals surface area (Å²) in [5.74, 6) is 1.54. The maximum atomic E-state index is 6.10. The molecule has 0 aromatic carbocycles. The van der Waals surface area contributed by atoms with Crippen LogP contribution in [0.15, 0.2) is 24.7 Å². The van der Waals surface area contributed by atoms with E-state index in [0.717, 1.165) is 11.4 Å². The minimum Gasteiger partial charge on any atom is -0.326 e. The molecular weight excluding hydrogens is 212 g/mol. The number of nitrogens with two attached hydrogens (primary N) is 1. The fraction of sp³-hybridized carbons (Fsp3) is 0.200. The predicted octanol–water partition coefficient (Wildman–Crippen LogP) is 1.69. The van der Waals surface area contributed by atoms with E-state index in [9.17, 15) is 0 Å². The summed E-state index contributed by atoms with van der Waals surface area (Å²) in [5.41, 5.74) is 6.42. The molecule has 0 spiro atoms. The number of hydrogen-bond acceptors (Lipinski definition) is 3. The molecule has 2 aromatic heterocycles. The highest BCUT2D eigenvalue weighted by molar-refractivity contribution is 6.32.